The van der Waals surface area contributed by atoms with Gasteiger partial charge in [0.25, 0.3) is 0 Å². The standard InChI is InChI=1S/C11H22N4O4/c1-11(2,3)19-10(18)15-9(13)14-6-4-5-7(12)8(16)17/h7H,4-6,12H2,1-3H3,(H,16,17)(H3,13,14,15,18)/t7-/m0/s1. The van der Waals surface area contributed by atoms with Crippen molar-refractivity contribution in [2.75, 3.05) is 6.54 Å². The molecule has 19 heavy (non-hydrogen) atoms. The van der Waals surface area contributed by atoms with E-state index < -0.39 is 23.7 Å². The number of nitrogens with two attached hydrogens (primary N) is 1. The highest BCUT2D eigenvalue weighted by molar-refractivity contribution is 5.92. The van der Waals surface area contributed by atoms with Gasteiger partial charge >= 0.3 is 12.1 Å². The fraction of sp³-hybridized carbons (Fsp3) is 0.727. The first-order valence-electron chi connectivity index (χ1n) is 5.92. The maximum atomic E-state index is 11.3. The van der Waals surface area contributed by atoms with Crippen LogP contribution in [-0.2, 0) is 9.53 Å². The number of guanidine groups is 1. The van der Waals surface area contributed by atoms with Crippen LogP contribution in [0.15, 0.2) is 0 Å². The Balaban J connectivity index is 3.76. The number of nitrogens with one attached hydrogen (secondary N) is 3. The molecule has 0 rings (SSSR count). The van der Waals surface area contributed by atoms with Crippen LogP contribution < -0.4 is 16.4 Å². The lowest BCUT2D eigenvalue weighted by atomic mass is 10.2. The number of ether oxygens (including phenoxy) is 1. The Morgan fingerprint density at radius 2 is 2.00 bits per heavy atom. The molecule has 0 saturated carbocycles. The first kappa shape index (κ1) is 17.2. The third-order valence-corrected chi connectivity index (χ3v) is 1.94. The molecular formula is C11H22N4O4. The molecule has 1 amide bonds. The molecule has 0 aromatic rings. The summed E-state index contributed by atoms with van der Waals surface area (Å²) in [5.74, 6) is -1.25. The van der Waals surface area contributed by atoms with Gasteiger partial charge in [-0.3, -0.25) is 15.5 Å². The van der Waals surface area contributed by atoms with Gasteiger partial charge in [0.05, 0.1) is 0 Å². The third-order valence-electron chi connectivity index (χ3n) is 1.94. The summed E-state index contributed by atoms with van der Waals surface area (Å²) in [6, 6.07) is -0.908. The minimum Gasteiger partial charge on any atom is -0.480 e. The Morgan fingerprint density at radius 3 is 2.47 bits per heavy atom. The largest absolute Gasteiger partial charge is 0.480 e. The van der Waals surface area contributed by atoms with Gasteiger partial charge in [0, 0.05) is 6.54 Å². The number of carboxylic acids is 1. The first-order valence-corrected chi connectivity index (χ1v) is 5.92. The number of carbonyl (C=O) groups excluding carboxylic acids is 1. The van der Waals surface area contributed by atoms with Crippen molar-refractivity contribution in [3.05, 3.63) is 0 Å². The van der Waals surface area contributed by atoms with E-state index in [9.17, 15) is 9.59 Å². The van der Waals surface area contributed by atoms with Crippen molar-refractivity contribution in [2.24, 2.45) is 5.73 Å². The van der Waals surface area contributed by atoms with E-state index in [0.717, 1.165) is 0 Å². The molecule has 0 aromatic heterocycles. The molecule has 0 unspecified atom stereocenters. The number of carbonyl (C=O) groups is 2. The van der Waals surface area contributed by atoms with Gasteiger partial charge in [-0.2, -0.15) is 0 Å². The monoisotopic (exact) mass is 274 g/mol. The Kier molecular flexibility index (Phi) is 6.84. The number of hydrogen-bond donors (Lipinski definition) is 5. The van der Waals surface area contributed by atoms with Gasteiger partial charge in [-0.25, -0.2) is 4.79 Å². The average Bonchev–Trinajstić information content (AvgIpc) is 2.20. The lowest BCUT2D eigenvalue weighted by Gasteiger charge is -2.20. The van der Waals surface area contributed by atoms with Crippen molar-refractivity contribution >= 4 is 18.0 Å². The molecule has 0 aliphatic heterocycles. The summed E-state index contributed by atoms with van der Waals surface area (Å²) < 4.78 is 4.96. The number of amides is 1. The molecule has 0 fully saturated rings. The number of carboxylic acid groups (broad SMARTS) is 1. The lowest BCUT2D eigenvalue weighted by Crippen LogP contribution is -2.43. The van der Waals surface area contributed by atoms with Crippen LogP contribution in [0.25, 0.3) is 0 Å². The molecule has 0 bridgehead atoms. The second kappa shape index (κ2) is 7.57. The fourth-order valence-corrected chi connectivity index (χ4v) is 1.11. The van der Waals surface area contributed by atoms with Crippen molar-refractivity contribution in [1.82, 2.24) is 10.6 Å². The van der Waals surface area contributed by atoms with Crippen LogP contribution in [0.5, 0.6) is 0 Å². The maximum absolute atomic E-state index is 11.3. The molecule has 0 aliphatic carbocycles. The highest BCUT2D eigenvalue weighted by Gasteiger charge is 2.17. The van der Waals surface area contributed by atoms with E-state index >= 15 is 0 Å². The summed E-state index contributed by atoms with van der Waals surface area (Å²) in [6.07, 6.45) is 0.0562. The van der Waals surface area contributed by atoms with Gasteiger partial charge < -0.3 is 20.9 Å². The van der Waals surface area contributed by atoms with Crippen LogP contribution in [0.4, 0.5) is 4.79 Å². The third kappa shape index (κ3) is 9.83. The fourth-order valence-electron chi connectivity index (χ4n) is 1.11. The topological polar surface area (TPSA) is 138 Å². The van der Waals surface area contributed by atoms with Crippen molar-refractivity contribution in [3.8, 4) is 0 Å². The van der Waals surface area contributed by atoms with E-state index in [2.05, 4.69) is 10.6 Å². The normalized spacial score (nSPS) is 12.4. The van der Waals surface area contributed by atoms with Crippen LogP contribution in [-0.4, -0.2) is 41.3 Å². The Labute approximate surface area is 112 Å². The van der Waals surface area contributed by atoms with Gasteiger partial charge in [-0.15, -0.1) is 0 Å². The summed E-state index contributed by atoms with van der Waals surface area (Å²) in [6.45, 7) is 5.50. The molecule has 0 spiro atoms. The molecule has 0 radical (unpaired) electrons. The van der Waals surface area contributed by atoms with E-state index in [1.165, 1.54) is 0 Å². The minimum atomic E-state index is -1.05. The SMILES string of the molecule is CC(C)(C)OC(=O)NC(=N)NCCC[C@H](N)C(=O)O. The Bertz CT molecular complexity index is 338. The Morgan fingerprint density at radius 1 is 1.42 bits per heavy atom. The number of rotatable bonds is 5. The zero-order valence-corrected chi connectivity index (χ0v) is 11.4. The molecule has 110 valence electrons. The first-order chi connectivity index (χ1) is 8.61. The summed E-state index contributed by atoms with van der Waals surface area (Å²) in [5, 5.41) is 20.8. The van der Waals surface area contributed by atoms with E-state index in [1.807, 2.05) is 0 Å². The van der Waals surface area contributed by atoms with Gasteiger partial charge in [-0.1, -0.05) is 0 Å². The highest BCUT2D eigenvalue weighted by atomic mass is 16.6. The summed E-state index contributed by atoms with van der Waals surface area (Å²) in [4.78, 5) is 21.7. The van der Waals surface area contributed by atoms with E-state index in [-0.39, 0.29) is 5.96 Å². The van der Waals surface area contributed by atoms with Gasteiger partial charge in [-0.05, 0) is 33.6 Å². The van der Waals surface area contributed by atoms with Gasteiger partial charge in [0.2, 0.25) is 0 Å². The quantitative estimate of drug-likeness (QED) is 0.276. The van der Waals surface area contributed by atoms with Crippen molar-refractivity contribution in [3.63, 3.8) is 0 Å². The maximum Gasteiger partial charge on any atom is 0.414 e. The van der Waals surface area contributed by atoms with Crippen LogP contribution in [0.3, 0.4) is 0 Å². The molecule has 0 aliphatic rings. The van der Waals surface area contributed by atoms with Crippen molar-refractivity contribution in [1.29, 1.82) is 5.41 Å². The van der Waals surface area contributed by atoms with Gasteiger partial charge in [0.15, 0.2) is 5.96 Å². The smallest absolute Gasteiger partial charge is 0.414 e. The molecule has 8 nitrogen and oxygen atoms in total. The van der Waals surface area contributed by atoms with Crippen molar-refractivity contribution in [2.45, 2.75) is 45.3 Å². The van der Waals surface area contributed by atoms with Crippen LogP contribution >= 0.6 is 0 Å². The summed E-state index contributed by atoms with van der Waals surface area (Å²) in [5.41, 5.74) is 4.69. The molecule has 0 aromatic carbocycles. The van der Waals surface area contributed by atoms with E-state index in [1.54, 1.807) is 20.8 Å². The Hall–Kier alpha value is -1.83. The molecule has 8 heteroatoms. The predicted octanol–water partition coefficient (Wildman–Crippen LogP) is 0.228. The van der Waals surface area contributed by atoms with E-state index in [4.69, 9.17) is 21.0 Å². The minimum absolute atomic E-state index is 0.196. The van der Waals surface area contributed by atoms with Crippen LogP contribution in [0.1, 0.15) is 33.6 Å². The zero-order valence-electron chi connectivity index (χ0n) is 11.4. The second-order valence-corrected chi connectivity index (χ2v) is 5.02. The number of alkyl carbamates (subject to hydrolysis) is 1. The summed E-state index contributed by atoms with van der Waals surface area (Å²) >= 11 is 0. The van der Waals surface area contributed by atoms with Crippen LogP contribution in [0.2, 0.25) is 0 Å². The molecule has 0 heterocycles. The number of aliphatic carboxylic acids is 1. The average molecular weight is 274 g/mol. The highest BCUT2D eigenvalue weighted by Crippen LogP contribution is 2.06. The molecule has 1 atom stereocenters. The van der Waals surface area contributed by atoms with Crippen LogP contribution in [0, 0.1) is 5.41 Å². The molecular weight excluding hydrogens is 252 g/mol. The van der Waals surface area contributed by atoms with E-state index in [0.29, 0.717) is 19.4 Å². The zero-order chi connectivity index (χ0) is 15.1. The lowest BCUT2D eigenvalue weighted by molar-refractivity contribution is -0.138. The van der Waals surface area contributed by atoms with Crippen molar-refractivity contribution < 1.29 is 19.4 Å². The predicted molar refractivity (Wildman–Crippen MR) is 69.9 cm³/mol. The van der Waals surface area contributed by atoms with Gasteiger partial charge in [0.1, 0.15) is 11.6 Å². The number of hydrogen-bond acceptors (Lipinski definition) is 5. The molecule has 0 saturated heterocycles. The summed E-state index contributed by atoms with van der Waals surface area (Å²) in [7, 11) is 0. The second-order valence-electron chi connectivity index (χ2n) is 5.02. The molecule has 6 N–H and O–H groups in total.